The van der Waals surface area contributed by atoms with Gasteiger partial charge in [-0.3, -0.25) is 4.98 Å². The molecule has 112 valence electrons. The van der Waals surface area contributed by atoms with Crippen LogP contribution in [-0.4, -0.2) is 25.2 Å². The third kappa shape index (κ3) is 5.34. The van der Waals surface area contributed by atoms with Crippen LogP contribution in [0.5, 0.6) is 5.75 Å². The molecule has 0 atom stereocenters. The third-order valence-corrected chi connectivity index (χ3v) is 3.17. The number of nitrogens with zero attached hydrogens (tertiary/aromatic N) is 1. The molecule has 4 nitrogen and oxygen atoms in total. The van der Waals surface area contributed by atoms with Crippen LogP contribution in [0.25, 0.3) is 0 Å². The van der Waals surface area contributed by atoms with Crippen molar-refractivity contribution in [2.75, 3.05) is 20.3 Å². The Morgan fingerprint density at radius 2 is 2.19 bits per heavy atom. The van der Waals surface area contributed by atoms with Gasteiger partial charge in [0.15, 0.2) is 0 Å². The van der Waals surface area contributed by atoms with Gasteiger partial charge in [0, 0.05) is 48.7 Å². The third-order valence-electron chi connectivity index (χ3n) is 2.94. The molecule has 0 amide bonds. The number of rotatable bonds is 8. The first kappa shape index (κ1) is 15.8. The van der Waals surface area contributed by atoms with Crippen LogP contribution in [0.3, 0.4) is 0 Å². The molecule has 0 radical (unpaired) electrons. The highest BCUT2D eigenvalue weighted by molar-refractivity contribution is 6.30. The summed E-state index contributed by atoms with van der Waals surface area (Å²) in [5.41, 5.74) is 2.06. The lowest BCUT2D eigenvalue weighted by Gasteiger charge is -2.12. The quantitative estimate of drug-likeness (QED) is 0.761. The minimum atomic E-state index is 0.487. The number of nitrogens with one attached hydrogen (secondary N) is 1. The van der Waals surface area contributed by atoms with E-state index in [9.17, 15) is 0 Å². The minimum absolute atomic E-state index is 0.487. The molecule has 0 saturated heterocycles. The van der Waals surface area contributed by atoms with E-state index in [1.54, 1.807) is 19.5 Å². The molecule has 1 heterocycles. The van der Waals surface area contributed by atoms with Gasteiger partial charge in [0.05, 0.1) is 6.61 Å². The zero-order valence-corrected chi connectivity index (χ0v) is 12.8. The maximum absolute atomic E-state index is 6.06. The van der Waals surface area contributed by atoms with Gasteiger partial charge in [-0.25, -0.2) is 0 Å². The number of hydrogen-bond donors (Lipinski definition) is 1. The molecule has 1 N–H and O–H groups in total. The number of pyridine rings is 1. The zero-order chi connectivity index (χ0) is 14.9. The highest BCUT2D eigenvalue weighted by Gasteiger charge is 2.05. The molecule has 21 heavy (non-hydrogen) atoms. The van der Waals surface area contributed by atoms with Crippen molar-refractivity contribution in [1.29, 1.82) is 0 Å². The molecular formula is C16H19ClN2O2. The Labute approximate surface area is 130 Å². The highest BCUT2D eigenvalue weighted by atomic mass is 35.5. The van der Waals surface area contributed by atoms with Crippen LogP contribution in [0.2, 0.25) is 5.02 Å². The van der Waals surface area contributed by atoms with Gasteiger partial charge < -0.3 is 14.8 Å². The lowest BCUT2D eigenvalue weighted by Crippen LogP contribution is -2.19. The predicted molar refractivity (Wildman–Crippen MR) is 83.6 cm³/mol. The fourth-order valence-corrected chi connectivity index (χ4v) is 2.06. The summed E-state index contributed by atoms with van der Waals surface area (Å²) >= 11 is 6.06. The molecular weight excluding hydrogens is 288 g/mol. The first-order valence-corrected chi connectivity index (χ1v) is 7.17. The monoisotopic (exact) mass is 306 g/mol. The molecule has 5 heteroatoms. The van der Waals surface area contributed by atoms with E-state index in [0.717, 1.165) is 23.4 Å². The van der Waals surface area contributed by atoms with Gasteiger partial charge in [0.2, 0.25) is 0 Å². The maximum Gasteiger partial charge on any atom is 0.124 e. The van der Waals surface area contributed by atoms with Crippen molar-refractivity contribution in [3.63, 3.8) is 0 Å². The summed E-state index contributed by atoms with van der Waals surface area (Å²) in [6.45, 7) is 2.63. The van der Waals surface area contributed by atoms with Crippen molar-refractivity contribution in [3.8, 4) is 5.75 Å². The second-order valence-electron chi connectivity index (χ2n) is 4.57. The Bertz CT molecular complexity index is 549. The van der Waals surface area contributed by atoms with E-state index in [-0.39, 0.29) is 0 Å². The topological polar surface area (TPSA) is 43.4 Å². The number of halogens is 1. The number of ether oxygens (including phenoxy) is 2. The number of benzene rings is 1. The molecule has 0 aliphatic rings. The summed E-state index contributed by atoms with van der Waals surface area (Å²) in [5, 5.41) is 3.99. The fourth-order valence-electron chi connectivity index (χ4n) is 1.87. The van der Waals surface area contributed by atoms with Gasteiger partial charge in [-0.05, 0) is 24.3 Å². The van der Waals surface area contributed by atoms with Gasteiger partial charge in [-0.2, -0.15) is 0 Å². The van der Waals surface area contributed by atoms with Crippen LogP contribution >= 0.6 is 11.6 Å². The molecule has 0 aliphatic heterocycles. The van der Waals surface area contributed by atoms with Crippen LogP contribution in [0, 0.1) is 0 Å². The highest BCUT2D eigenvalue weighted by Crippen LogP contribution is 2.23. The van der Waals surface area contributed by atoms with Gasteiger partial charge in [-0.15, -0.1) is 0 Å². The molecule has 2 rings (SSSR count). The second kappa shape index (κ2) is 8.62. The Hall–Kier alpha value is -1.62. The first-order valence-electron chi connectivity index (χ1n) is 6.79. The van der Waals surface area contributed by atoms with Crippen LogP contribution in [0.1, 0.15) is 11.1 Å². The Morgan fingerprint density at radius 1 is 1.29 bits per heavy atom. The molecule has 1 aromatic heterocycles. The van der Waals surface area contributed by atoms with Gasteiger partial charge in [0.1, 0.15) is 12.4 Å². The van der Waals surface area contributed by atoms with Crippen molar-refractivity contribution in [2.24, 2.45) is 0 Å². The molecule has 0 spiro atoms. The molecule has 0 bridgehead atoms. The van der Waals surface area contributed by atoms with Gasteiger partial charge in [0.25, 0.3) is 0 Å². The Balaban J connectivity index is 1.97. The van der Waals surface area contributed by atoms with E-state index >= 15 is 0 Å². The predicted octanol–water partition coefficient (Wildman–Crippen LogP) is 3.05. The van der Waals surface area contributed by atoms with Crippen molar-refractivity contribution in [3.05, 3.63) is 58.9 Å². The Morgan fingerprint density at radius 3 is 2.95 bits per heavy atom. The molecule has 0 fully saturated rings. The average molecular weight is 307 g/mol. The summed E-state index contributed by atoms with van der Waals surface area (Å²) in [4.78, 5) is 4.08. The molecule has 2 aromatic rings. The Kier molecular flexibility index (Phi) is 6.47. The second-order valence-corrected chi connectivity index (χ2v) is 5.01. The van der Waals surface area contributed by atoms with Crippen LogP contribution in [0.15, 0.2) is 42.7 Å². The normalized spacial score (nSPS) is 10.6. The van der Waals surface area contributed by atoms with E-state index in [2.05, 4.69) is 10.3 Å². The minimum Gasteiger partial charge on any atom is -0.489 e. The average Bonchev–Trinajstić information content (AvgIpc) is 2.52. The lowest BCUT2D eigenvalue weighted by atomic mass is 10.2. The molecule has 0 aliphatic carbocycles. The largest absolute Gasteiger partial charge is 0.489 e. The summed E-state index contributed by atoms with van der Waals surface area (Å²) < 4.78 is 10.9. The van der Waals surface area contributed by atoms with E-state index in [0.29, 0.717) is 24.8 Å². The smallest absolute Gasteiger partial charge is 0.124 e. The number of methoxy groups -OCH3 is 1. The molecule has 0 unspecified atom stereocenters. The first-order chi connectivity index (χ1) is 10.3. The molecule has 1 aromatic carbocycles. The van der Waals surface area contributed by atoms with E-state index < -0.39 is 0 Å². The fraction of sp³-hybridized carbons (Fsp3) is 0.312. The maximum atomic E-state index is 6.06. The van der Waals surface area contributed by atoms with E-state index in [1.165, 1.54) is 0 Å². The van der Waals surface area contributed by atoms with E-state index in [1.807, 2.05) is 30.3 Å². The molecule has 0 saturated carbocycles. The SMILES string of the molecule is COCCNCc1cc(Cl)ccc1OCc1cccnc1. The summed E-state index contributed by atoms with van der Waals surface area (Å²) in [7, 11) is 1.68. The summed E-state index contributed by atoms with van der Waals surface area (Å²) in [6, 6.07) is 9.53. The number of hydrogen-bond acceptors (Lipinski definition) is 4. The van der Waals surface area contributed by atoms with E-state index in [4.69, 9.17) is 21.1 Å². The van der Waals surface area contributed by atoms with Crippen molar-refractivity contribution in [2.45, 2.75) is 13.2 Å². The van der Waals surface area contributed by atoms with Crippen molar-refractivity contribution >= 4 is 11.6 Å². The van der Waals surface area contributed by atoms with Gasteiger partial charge >= 0.3 is 0 Å². The lowest BCUT2D eigenvalue weighted by molar-refractivity contribution is 0.199. The summed E-state index contributed by atoms with van der Waals surface area (Å²) in [6.07, 6.45) is 3.55. The van der Waals surface area contributed by atoms with Crippen LogP contribution in [0.4, 0.5) is 0 Å². The zero-order valence-electron chi connectivity index (χ0n) is 12.0. The van der Waals surface area contributed by atoms with Crippen LogP contribution in [-0.2, 0) is 17.9 Å². The van der Waals surface area contributed by atoms with Crippen molar-refractivity contribution < 1.29 is 9.47 Å². The van der Waals surface area contributed by atoms with Crippen LogP contribution < -0.4 is 10.1 Å². The standard InChI is InChI=1S/C16H19ClN2O2/c1-20-8-7-19-11-14-9-15(17)4-5-16(14)21-12-13-3-2-6-18-10-13/h2-6,9-10,19H,7-8,11-12H2,1H3. The summed E-state index contributed by atoms with van der Waals surface area (Å²) in [5.74, 6) is 0.827. The number of aromatic nitrogens is 1. The van der Waals surface area contributed by atoms with Gasteiger partial charge in [-0.1, -0.05) is 17.7 Å². The van der Waals surface area contributed by atoms with Crippen molar-refractivity contribution in [1.82, 2.24) is 10.3 Å².